The first-order valence-electron chi connectivity index (χ1n) is 6.04. The maximum atomic E-state index is 12.3. The van der Waals surface area contributed by atoms with E-state index in [9.17, 15) is 4.79 Å². The minimum atomic E-state index is 0.0653. The highest BCUT2D eigenvalue weighted by atomic mass is 16.5. The summed E-state index contributed by atoms with van der Waals surface area (Å²) in [4.78, 5) is 14.2. The molecule has 4 nitrogen and oxygen atoms in total. The fourth-order valence-corrected chi connectivity index (χ4v) is 1.96. The van der Waals surface area contributed by atoms with Gasteiger partial charge in [-0.05, 0) is 19.1 Å². The maximum absolute atomic E-state index is 12.3. The topological polar surface area (TPSA) is 41.6 Å². The van der Waals surface area contributed by atoms with Gasteiger partial charge in [0.25, 0.3) is 5.91 Å². The minimum Gasteiger partial charge on any atom is -0.493 e. The number of amides is 1. The van der Waals surface area contributed by atoms with Gasteiger partial charge in [-0.3, -0.25) is 4.79 Å². The zero-order valence-electron chi connectivity index (χ0n) is 10.1. The van der Waals surface area contributed by atoms with Gasteiger partial charge in [0.1, 0.15) is 5.75 Å². The molecule has 0 aliphatic carbocycles. The summed E-state index contributed by atoms with van der Waals surface area (Å²) < 4.78 is 5.49. The standard InChI is InChI=1S/C13H18N2O2/c1-2-17-12-6-4-3-5-11(12)13(16)15-9-7-14-8-10-15/h3-6,14H,2,7-10H2,1H3. The van der Waals surface area contributed by atoms with E-state index in [-0.39, 0.29) is 5.91 Å². The van der Waals surface area contributed by atoms with Gasteiger partial charge in [-0.2, -0.15) is 0 Å². The monoisotopic (exact) mass is 234 g/mol. The summed E-state index contributed by atoms with van der Waals surface area (Å²) in [6.07, 6.45) is 0. The van der Waals surface area contributed by atoms with E-state index >= 15 is 0 Å². The van der Waals surface area contributed by atoms with Crippen LogP contribution in [0.25, 0.3) is 0 Å². The Kier molecular flexibility index (Phi) is 3.98. The van der Waals surface area contributed by atoms with Crippen LogP contribution in [0.2, 0.25) is 0 Å². The molecule has 1 aliphatic rings. The van der Waals surface area contributed by atoms with E-state index in [1.54, 1.807) is 0 Å². The molecule has 1 heterocycles. The normalized spacial score (nSPS) is 15.7. The van der Waals surface area contributed by atoms with E-state index in [0.29, 0.717) is 17.9 Å². The number of nitrogens with one attached hydrogen (secondary N) is 1. The van der Waals surface area contributed by atoms with Crippen molar-refractivity contribution in [2.45, 2.75) is 6.92 Å². The van der Waals surface area contributed by atoms with Crippen LogP contribution in [0.5, 0.6) is 5.75 Å². The summed E-state index contributed by atoms with van der Waals surface area (Å²) in [5.74, 6) is 0.745. The molecule has 0 atom stereocenters. The van der Waals surface area contributed by atoms with Gasteiger partial charge >= 0.3 is 0 Å². The zero-order chi connectivity index (χ0) is 12.1. The summed E-state index contributed by atoms with van der Waals surface area (Å²) in [7, 11) is 0. The number of carbonyl (C=O) groups excluding carboxylic acids is 1. The van der Waals surface area contributed by atoms with Gasteiger partial charge in [0.2, 0.25) is 0 Å². The van der Waals surface area contributed by atoms with Crippen molar-refractivity contribution in [3.63, 3.8) is 0 Å². The van der Waals surface area contributed by atoms with Crippen molar-refractivity contribution in [3.05, 3.63) is 29.8 Å². The van der Waals surface area contributed by atoms with Gasteiger partial charge in [-0.15, -0.1) is 0 Å². The van der Waals surface area contributed by atoms with Gasteiger partial charge in [0.15, 0.2) is 0 Å². The van der Waals surface area contributed by atoms with E-state index in [1.165, 1.54) is 0 Å². The van der Waals surface area contributed by atoms with Crippen molar-refractivity contribution in [1.82, 2.24) is 10.2 Å². The first-order valence-corrected chi connectivity index (χ1v) is 6.04. The molecule has 0 spiro atoms. The Balaban J connectivity index is 2.17. The molecule has 2 rings (SSSR count). The van der Waals surface area contributed by atoms with Gasteiger partial charge in [0, 0.05) is 26.2 Å². The number of benzene rings is 1. The van der Waals surface area contributed by atoms with Crippen molar-refractivity contribution in [1.29, 1.82) is 0 Å². The number of piperazine rings is 1. The summed E-state index contributed by atoms with van der Waals surface area (Å²) in [6.45, 7) is 5.75. The Morgan fingerprint density at radius 1 is 1.35 bits per heavy atom. The Hall–Kier alpha value is -1.55. The average molecular weight is 234 g/mol. The van der Waals surface area contributed by atoms with E-state index in [1.807, 2.05) is 36.1 Å². The summed E-state index contributed by atoms with van der Waals surface area (Å²) in [5, 5.41) is 3.24. The van der Waals surface area contributed by atoms with Crippen LogP contribution in [0.15, 0.2) is 24.3 Å². The maximum Gasteiger partial charge on any atom is 0.257 e. The molecule has 0 aromatic heterocycles. The molecule has 0 unspecified atom stereocenters. The molecule has 4 heteroatoms. The first-order chi connectivity index (χ1) is 8.33. The van der Waals surface area contributed by atoms with Gasteiger partial charge in [-0.1, -0.05) is 12.1 Å². The SMILES string of the molecule is CCOc1ccccc1C(=O)N1CCNCC1. The van der Waals surface area contributed by atoms with Gasteiger partial charge < -0.3 is 15.0 Å². The number of hydrogen-bond donors (Lipinski definition) is 1. The van der Waals surface area contributed by atoms with Crippen LogP contribution >= 0.6 is 0 Å². The lowest BCUT2D eigenvalue weighted by molar-refractivity contribution is 0.0731. The zero-order valence-corrected chi connectivity index (χ0v) is 10.1. The van der Waals surface area contributed by atoms with E-state index in [4.69, 9.17) is 4.74 Å². The highest BCUT2D eigenvalue weighted by molar-refractivity contribution is 5.97. The Bertz CT molecular complexity index is 387. The molecule has 0 radical (unpaired) electrons. The lowest BCUT2D eigenvalue weighted by Crippen LogP contribution is -2.46. The van der Waals surface area contributed by atoms with Crippen LogP contribution in [0, 0.1) is 0 Å². The average Bonchev–Trinajstić information content (AvgIpc) is 2.40. The molecule has 17 heavy (non-hydrogen) atoms. The largest absolute Gasteiger partial charge is 0.493 e. The Morgan fingerprint density at radius 2 is 2.06 bits per heavy atom. The van der Waals surface area contributed by atoms with Gasteiger partial charge in [0.05, 0.1) is 12.2 Å². The molecule has 1 aromatic carbocycles. The van der Waals surface area contributed by atoms with Crippen LogP contribution in [0.1, 0.15) is 17.3 Å². The van der Waals surface area contributed by atoms with Crippen molar-refractivity contribution >= 4 is 5.91 Å². The van der Waals surface area contributed by atoms with Crippen LogP contribution in [-0.2, 0) is 0 Å². The molecule has 1 aromatic rings. The summed E-state index contributed by atoms with van der Waals surface area (Å²) in [5.41, 5.74) is 0.663. The number of carbonyl (C=O) groups is 1. The van der Waals surface area contributed by atoms with Crippen LogP contribution in [0.3, 0.4) is 0 Å². The highest BCUT2D eigenvalue weighted by Crippen LogP contribution is 2.20. The molecule has 1 saturated heterocycles. The second-order valence-corrected chi connectivity index (χ2v) is 3.97. The minimum absolute atomic E-state index is 0.0653. The molecule has 1 fully saturated rings. The van der Waals surface area contributed by atoms with Crippen molar-refractivity contribution < 1.29 is 9.53 Å². The lowest BCUT2D eigenvalue weighted by atomic mass is 10.1. The van der Waals surface area contributed by atoms with Crippen molar-refractivity contribution in [2.24, 2.45) is 0 Å². The fraction of sp³-hybridized carbons (Fsp3) is 0.462. The van der Waals surface area contributed by atoms with E-state index in [2.05, 4.69) is 5.32 Å². The molecule has 1 aliphatic heterocycles. The van der Waals surface area contributed by atoms with Gasteiger partial charge in [-0.25, -0.2) is 0 Å². The third-order valence-electron chi connectivity index (χ3n) is 2.82. The number of para-hydroxylation sites is 1. The molecular weight excluding hydrogens is 216 g/mol. The predicted octanol–water partition coefficient (Wildman–Crippen LogP) is 1.13. The smallest absolute Gasteiger partial charge is 0.257 e. The number of hydrogen-bond acceptors (Lipinski definition) is 3. The van der Waals surface area contributed by atoms with E-state index < -0.39 is 0 Å². The van der Waals surface area contributed by atoms with E-state index in [0.717, 1.165) is 26.2 Å². The molecule has 1 amide bonds. The number of ether oxygens (including phenoxy) is 1. The Labute approximate surface area is 102 Å². The van der Waals surface area contributed by atoms with Crippen molar-refractivity contribution in [2.75, 3.05) is 32.8 Å². The third kappa shape index (κ3) is 2.77. The number of nitrogens with zero attached hydrogens (tertiary/aromatic N) is 1. The van der Waals surface area contributed by atoms with Crippen LogP contribution in [-0.4, -0.2) is 43.6 Å². The molecule has 0 saturated carbocycles. The predicted molar refractivity (Wildman–Crippen MR) is 66.4 cm³/mol. The fourth-order valence-electron chi connectivity index (χ4n) is 1.96. The summed E-state index contributed by atoms with van der Waals surface area (Å²) in [6, 6.07) is 7.44. The second-order valence-electron chi connectivity index (χ2n) is 3.97. The molecule has 0 bridgehead atoms. The van der Waals surface area contributed by atoms with Crippen LogP contribution in [0.4, 0.5) is 0 Å². The van der Waals surface area contributed by atoms with Crippen LogP contribution < -0.4 is 10.1 Å². The second kappa shape index (κ2) is 5.68. The quantitative estimate of drug-likeness (QED) is 0.852. The first kappa shape index (κ1) is 11.9. The molecular formula is C13H18N2O2. The lowest BCUT2D eigenvalue weighted by Gasteiger charge is -2.28. The Morgan fingerprint density at radius 3 is 2.76 bits per heavy atom. The third-order valence-corrected chi connectivity index (χ3v) is 2.82. The van der Waals surface area contributed by atoms with Crippen molar-refractivity contribution in [3.8, 4) is 5.75 Å². The highest BCUT2D eigenvalue weighted by Gasteiger charge is 2.20. The number of rotatable bonds is 3. The molecule has 92 valence electrons. The summed E-state index contributed by atoms with van der Waals surface area (Å²) >= 11 is 0. The molecule has 1 N–H and O–H groups in total.